The molecule has 0 aromatic carbocycles. The maximum Gasteiger partial charge on any atom is 0.225 e. The van der Waals surface area contributed by atoms with Crippen LogP contribution in [0.5, 0.6) is 0 Å². The van der Waals surface area contributed by atoms with Crippen LogP contribution >= 0.6 is 12.4 Å². The van der Waals surface area contributed by atoms with E-state index in [4.69, 9.17) is 10.5 Å². The third-order valence-electron chi connectivity index (χ3n) is 3.16. The average Bonchev–Trinajstić information content (AvgIpc) is 2.43. The molecule has 0 aliphatic heterocycles. The van der Waals surface area contributed by atoms with Crippen molar-refractivity contribution in [3.63, 3.8) is 0 Å². The Labute approximate surface area is 120 Å². The second-order valence-electron chi connectivity index (χ2n) is 4.26. The lowest BCUT2D eigenvalue weighted by atomic mass is 10.1. The minimum Gasteiger partial charge on any atom is -0.380 e. The number of nitrogens with two attached hydrogens (primary N) is 1. The van der Waals surface area contributed by atoms with Crippen LogP contribution < -0.4 is 5.73 Å². The Balaban J connectivity index is 0.00000324. The van der Waals surface area contributed by atoms with Gasteiger partial charge in [0.15, 0.2) is 0 Å². The van der Waals surface area contributed by atoms with Crippen molar-refractivity contribution in [1.29, 1.82) is 0 Å². The van der Waals surface area contributed by atoms with Gasteiger partial charge in [-0.2, -0.15) is 0 Å². The predicted octanol–water partition coefficient (Wildman–Crippen LogP) is 1.39. The van der Waals surface area contributed by atoms with E-state index >= 15 is 0 Å². The minimum atomic E-state index is -0.218. The number of hydrogen-bond acceptors (Lipinski definition) is 4. The van der Waals surface area contributed by atoms with Crippen molar-refractivity contribution in [2.24, 2.45) is 5.73 Å². The lowest BCUT2D eigenvalue weighted by Gasteiger charge is -2.26. The number of rotatable bonds is 6. The Morgan fingerprint density at radius 3 is 2.53 bits per heavy atom. The molecule has 2 N–H and O–H groups in total. The first-order chi connectivity index (χ1) is 8.60. The fourth-order valence-electron chi connectivity index (χ4n) is 1.68. The second kappa shape index (κ2) is 8.85. The second-order valence-corrected chi connectivity index (χ2v) is 4.26. The number of aromatic nitrogens is 1. The van der Waals surface area contributed by atoms with Crippen LogP contribution in [0.1, 0.15) is 24.9 Å². The van der Waals surface area contributed by atoms with Crippen molar-refractivity contribution < 1.29 is 9.53 Å². The third kappa shape index (κ3) is 5.14. The number of ether oxygens (including phenoxy) is 1. The number of hydrogen-bond donors (Lipinski definition) is 1. The van der Waals surface area contributed by atoms with Gasteiger partial charge in [-0.25, -0.2) is 0 Å². The summed E-state index contributed by atoms with van der Waals surface area (Å²) in [5, 5.41) is 0. The summed E-state index contributed by atoms with van der Waals surface area (Å²) in [6, 6.07) is 3.83. The van der Waals surface area contributed by atoms with Crippen LogP contribution in [0.3, 0.4) is 0 Å². The van der Waals surface area contributed by atoms with Crippen molar-refractivity contribution >= 4 is 18.3 Å². The van der Waals surface area contributed by atoms with Crippen LogP contribution in [0.25, 0.3) is 0 Å². The highest BCUT2D eigenvalue weighted by Crippen LogP contribution is 2.18. The van der Waals surface area contributed by atoms with Crippen molar-refractivity contribution in [2.75, 3.05) is 20.7 Å². The van der Waals surface area contributed by atoms with E-state index in [0.29, 0.717) is 13.0 Å². The molecule has 0 aliphatic rings. The summed E-state index contributed by atoms with van der Waals surface area (Å²) in [4.78, 5) is 17.7. The Morgan fingerprint density at radius 2 is 2.05 bits per heavy atom. The largest absolute Gasteiger partial charge is 0.380 e. The van der Waals surface area contributed by atoms with Crippen LogP contribution in [0.2, 0.25) is 0 Å². The topological polar surface area (TPSA) is 68.5 Å². The zero-order chi connectivity index (χ0) is 13.5. The molecule has 1 aromatic rings. The molecule has 1 aromatic heterocycles. The lowest BCUT2D eigenvalue weighted by molar-refractivity contribution is -0.134. The molecule has 0 fully saturated rings. The van der Waals surface area contributed by atoms with Crippen LogP contribution in [-0.4, -0.2) is 42.6 Å². The molecule has 1 amide bonds. The summed E-state index contributed by atoms with van der Waals surface area (Å²) < 4.78 is 5.12. The van der Waals surface area contributed by atoms with Gasteiger partial charge in [0.2, 0.25) is 5.91 Å². The van der Waals surface area contributed by atoms with Crippen LogP contribution in [0.15, 0.2) is 24.5 Å². The molecule has 6 heteroatoms. The van der Waals surface area contributed by atoms with E-state index < -0.39 is 0 Å². The number of methoxy groups -OCH3 is 1. The monoisotopic (exact) mass is 287 g/mol. The highest BCUT2D eigenvalue weighted by atomic mass is 35.5. The van der Waals surface area contributed by atoms with Crippen LogP contribution in [-0.2, 0) is 9.53 Å². The molecule has 19 heavy (non-hydrogen) atoms. The normalized spacial score (nSPS) is 13.3. The van der Waals surface area contributed by atoms with Gasteiger partial charge >= 0.3 is 0 Å². The number of carbonyl (C=O) groups is 1. The van der Waals surface area contributed by atoms with Crippen molar-refractivity contribution in [1.82, 2.24) is 9.88 Å². The summed E-state index contributed by atoms with van der Waals surface area (Å²) in [5.74, 6) is 0.0246. The molecule has 5 nitrogen and oxygen atoms in total. The molecule has 0 radical (unpaired) electrons. The number of amides is 1. The lowest BCUT2D eigenvalue weighted by Crippen LogP contribution is -2.35. The van der Waals surface area contributed by atoms with E-state index in [1.165, 1.54) is 0 Å². The maximum atomic E-state index is 12.1. The SMILES string of the molecule is COC(CN)CC(=O)N(C)C(C)c1ccncc1.Cl. The fourth-order valence-corrected chi connectivity index (χ4v) is 1.68. The molecular weight excluding hydrogens is 266 g/mol. The van der Waals surface area contributed by atoms with E-state index in [1.807, 2.05) is 19.1 Å². The van der Waals surface area contributed by atoms with Crippen molar-refractivity contribution in [2.45, 2.75) is 25.5 Å². The van der Waals surface area contributed by atoms with E-state index in [9.17, 15) is 4.79 Å². The summed E-state index contributed by atoms with van der Waals surface area (Å²) in [6.07, 6.45) is 3.53. The summed E-state index contributed by atoms with van der Waals surface area (Å²) in [6.45, 7) is 2.33. The van der Waals surface area contributed by atoms with Gasteiger partial charge in [0, 0.05) is 33.1 Å². The van der Waals surface area contributed by atoms with Gasteiger partial charge < -0.3 is 15.4 Å². The van der Waals surface area contributed by atoms with Gasteiger partial charge in [-0.3, -0.25) is 9.78 Å². The van der Waals surface area contributed by atoms with Gasteiger partial charge in [0.1, 0.15) is 0 Å². The first-order valence-electron chi connectivity index (χ1n) is 5.98. The van der Waals surface area contributed by atoms with Gasteiger partial charge in [-0.15, -0.1) is 12.4 Å². The molecule has 0 spiro atoms. The van der Waals surface area contributed by atoms with E-state index in [1.54, 1.807) is 31.5 Å². The summed E-state index contributed by atoms with van der Waals surface area (Å²) in [7, 11) is 3.35. The van der Waals surface area contributed by atoms with Gasteiger partial charge in [-0.1, -0.05) is 0 Å². The molecule has 0 saturated carbocycles. The third-order valence-corrected chi connectivity index (χ3v) is 3.16. The number of nitrogens with zero attached hydrogens (tertiary/aromatic N) is 2. The molecule has 108 valence electrons. The standard InChI is InChI=1S/C13H21N3O2.ClH/c1-10(11-4-6-15-7-5-11)16(2)13(17)8-12(9-14)18-3;/h4-7,10,12H,8-9,14H2,1-3H3;1H. The average molecular weight is 288 g/mol. The number of halogens is 1. The molecule has 0 saturated heterocycles. The molecule has 1 heterocycles. The summed E-state index contributed by atoms with van der Waals surface area (Å²) in [5.41, 5.74) is 6.57. The summed E-state index contributed by atoms with van der Waals surface area (Å²) >= 11 is 0. The van der Waals surface area contributed by atoms with Crippen LogP contribution in [0.4, 0.5) is 0 Å². The van der Waals surface area contributed by atoms with Crippen molar-refractivity contribution in [3.8, 4) is 0 Å². The zero-order valence-corrected chi connectivity index (χ0v) is 12.4. The highest BCUT2D eigenvalue weighted by molar-refractivity contribution is 5.85. The van der Waals surface area contributed by atoms with Crippen LogP contribution in [0, 0.1) is 0 Å². The molecule has 2 unspecified atom stereocenters. The van der Waals surface area contributed by atoms with E-state index in [0.717, 1.165) is 5.56 Å². The van der Waals surface area contributed by atoms with E-state index in [-0.39, 0.29) is 30.5 Å². The van der Waals surface area contributed by atoms with Gasteiger partial charge in [-0.05, 0) is 24.6 Å². The highest BCUT2D eigenvalue weighted by Gasteiger charge is 2.20. The molecular formula is C13H22ClN3O2. The van der Waals surface area contributed by atoms with E-state index in [2.05, 4.69) is 4.98 Å². The fraction of sp³-hybridized carbons (Fsp3) is 0.538. The number of carbonyl (C=O) groups excluding carboxylic acids is 1. The Hall–Kier alpha value is -1.17. The molecule has 0 aliphatic carbocycles. The van der Waals surface area contributed by atoms with Gasteiger partial charge in [0.05, 0.1) is 18.6 Å². The van der Waals surface area contributed by atoms with Crippen molar-refractivity contribution in [3.05, 3.63) is 30.1 Å². The molecule has 2 atom stereocenters. The Kier molecular flexibility index (Phi) is 8.30. The molecule has 1 rings (SSSR count). The number of pyridine rings is 1. The van der Waals surface area contributed by atoms with Gasteiger partial charge in [0.25, 0.3) is 0 Å². The first kappa shape index (κ1) is 17.8. The Morgan fingerprint density at radius 1 is 1.47 bits per heavy atom. The maximum absolute atomic E-state index is 12.1. The Bertz CT molecular complexity index is 371. The molecule has 0 bridgehead atoms. The minimum absolute atomic E-state index is 0. The predicted molar refractivity (Wildman–Crippen MR) is 77.1 cm³/mol. The first-order valence-corrected chi connectivity index (χ1v) is 5.98. The zero-order valence-electron chi connectivity index (χ0n) is 11.6. The quantitative estimate of drug-likeness (QED) is 0.858. The smallest absolute Gasteiger partial charge is 0.225 e.